The van der Waals surface area contributed by atoms with Crippen molar-refractivity contribution in [3.05, 3.63) is 32.7 Å². The zero-order chi connectivity index (χ0) is 18.3. The van der Waals surface area contributed by atoms with Gasteiger partial charge in [-0.15, -0.1) is 16.4 Å². The molecule has 4 atom stereocenters. The molecule has 8 heteroatoms. The van der Waals surface area contributed by atoms with Crippen LogP contribution in [-0.2, 0) is 23.3 Å². The summed E-state index contributed by atoms with van der Waals surface area (Å²) in [7, 11) is 0. The third-order valence-electron chi connectivity index (χ3n) is 5.38. The van der Waals surface area contributed by atoms with E-state index in [9.17, 15) is 5.11 Å². The molecule has 2 N–H and O–H groups in total. The summed E-state index contributed by atoms with van der Waals surface area (Å²) in [4.78, 5) is 1.28. The van der Waals surface area contributed by atoms with Crippen LogP contribution < -0.4 is 5.32 Å². The molecule has 1 fully saturated rings. The van der Waals surface area contributed by atoms with E-state index < -0.39 is 6.10 Å². The molecule has 2 aromatic rings. The molecule has 4 unspecified atom stereocenters. The molecular weight excluding hydrogens is 372 g/mol. The van der Waals surface area contributed by atoms with Gasteiger partial charge in [0, 0.05) is 17.3 Å². The SMILES string of the molecule is CCC(O)Cn1cc(C2CC3(CC(C)N2)OCCc2cc(Cl)sc23)nn1. The van der Waals surface area contributed by atoms with Crippen LogP contribution in [0.3, 0.4) is 0 Å². The maximum atomic E-state index is 9.85. The van der Waals surface area contributed by atoms with Gasteiger partial charge in [-0.2, -0.15) is 0 Å². The third-order valence-corrected chi connectivity index (χ3v) is 6.87. The molecule has 0 radical (unpaired) electrons. The van der Waals surface area contributed by atoms with E-state index >= 15 is 0 Å². The average molecular weight is 397 g/mol. The van der Waals surface area contributed by atoms with Gasteiger partial charge in [-0.1, -0.05) is 23.7 Å². The van der Waals surface area contributed by atoms with Crippen molar-refractivity contribution >= 4 is 22.9 Å². The Morgan fingerprint density at radius 1 is 1.54 bits per heavy atom. The van der Waals surface area contributed by atoms with Crippen molar-refractivity contribution < 1.29 is 9.84 Å². The quantitative estimate of drug-likeness (QED) is 0.831. The zero-order valence-corrected chi connectivity index (χ0v) is 16.7. The largest absolute Gasteiger partial charge is 0.391 e. The molecular formula is C18H25ClN4O2S. The Kier molecular flexibility index (Phi) is 5.09. The van der Waals surface area contributed by atoms with Crippen LogP contribution in [0.2, 0.25) is 4.34 Å². The Hall–Kier alpha value is -0.990. The maximum absolute atomic E-state index is 9.85. The summed E-state index contributed by atoms with van der Waals surface area (Å²) in [5, 5.41) is 22.0. The average Bonchev–Trinajstić information content (AvgIpc) is 3.21. The first-order chi connectivity index (χ1) is 12.5. The van der Waals surface area contributed by atoms with E-state index in [0.717, 1.165) is 35.9 Å². The van der Waals surface area contributed by atoms with Crippen LogP contribution in [0.4, 0.5) is 0 Å². The molecule has 4 rings (SSSR count). The molecule has 0 bridgehead atoms. The number of aliphatic hydroxyl groups excluding tert-OH is 1. The molecule has 2 aliphatic heterocycles. The molecule has 2 aromatic heterocycles. The number of ether oxygens (including phenoxy) is 1. The second-order valence-corrected chi connectivity index (χ2v) is 9.14. The van der Waals surface area contributed by atoms with Gasteiger partial charge in [0.05, 0.1) is 41.5 Å². The third kappa shape index (κ3) is 3.43. The van der Waals surface area contributed by atoms with Gasteiger partial charge in [-0.3, -0.25) is 0 Å². The van der Waals surface area contributed by atoms with Crippen molar-refractivity contribution in [2.45, 2.75) is 69.9 Å². The number of aromatic nitrogens is 3. The number of rotatable bonds is 4. The Labute approximate surface area is 162 Å². The normalized spacial score (nSPS) is 29.7. The van der Waals surface area contributed by atoms with Crippen LogP contribution >= 0.6 is 22.9 Å². The van der Waals surface area contributed by atoms with E-state index in [0.29, 0.717) is 19.0 Å². The summed E-state index contributed by atoms with van der Waals surface area (Å²) in [5.41, 5.74) is 1.93. The molecule has 26 heavy (non-hydrogen) atoms. The highest BCUT2D eigenvalue weighted by Gasteiger charge is 2.46. The summed E-state index contributed by atoms with van der Waals surface area (Å²) in [6.07, 6.45) is 4.91. The second-order valence-electron chi connectivity index (χ2n) is 7.45. The second kappa shape index (κ2) is 7.20. The summed E-state index contributed by atoms with van der Waals surface area (Å²) < 4.78 is 8.94. The van der Waals surface area contributed by atoms with Crippen LogP contribution in [-0.4, -0.2) is 38.9 Å². The van der Waals surface area contributed by atoms with Crippen molar-refractivity contribution in [1.82, 2.24) is 20.3 Å². The first kappa shape index (κ1) is 18.4. The molecule has 0 aliphatic carbocycles. The van der Waals surface area contributed by atoms with E-state index in [1.807, 2.05) is 13.1 Å². The lowest BCUT2D eigenvalue weighted by Gasteiger charge is -2.45. The predicted octanol–water partition coefficient (Wildman–Crippen LogP) is 3.05. The minimum absolute atomic E-state index is 0.0677. The van der Waals surface area contributed by atoms with Gasteiger partial charge < -0.3 is 15.2 Å². The van der Waals surface area contributed by atoms with E-state index in [2.05, 4.69) is 28.6 Å². The van der Waals surface area contributed by atoms with Crippen molar-refractivity contribution in [1.29, 1.82) is 0 Å². The van der Waals surface area contributed by atoms with Crippen LogP contribution in [0.25, 0.3) is 0 Å². The number of halogens is 1. The Balaban J connectivity index is 1.60. The topological polar surface area (TPSA) is 72.2 Å². The monoisotopic (exact) mass is 396 g/mol. The molecule has 0 saturated carbocycles. The summed E-state index contributed by atoms with van der Waals surface area (Å²) in [5.74, 6) is 0. The van der Waals surface area contributed by atoms with Crippen molar-refractivity contribution in [2.75, 3.05) is 6.61 Å². The molecule has 1 saturated heterocycles. The molecule has 0 aromatic carbocycles. The number of hydrogen-bond acceptors (Lipinski definition) is 6. The minimum Gasteiger partial charge on any atom is -0.391 e. The van der Waals surface area contributed by atoms with E-state index in [1.165, 1.54) is 10.4 Å². The fourth-order valence-corrected chi connectivity index (χ4v) is 5.62. The highest BCUT2D eigenvalue weighted by atomic mass is 35.5. The van der Waals surface area contributed by atoms with E-state index in [-0.39, 0.29) is 11.6 Å². The van der Waals surface area contributed by atoms with Gasteiger partial charge in [-0.25, -0.2) is 4.68 Å². The summed E-state index contributed by atoms with van der Waals surface area (Å²) >= 11 is 7.96. The first-order valence-electron chi connectivity index (χ1n) is 9.26. The molecule has 142 valence electrons. The van der Waals surface area contributed by atoms with Crippen LogP contribution in [0.15, 0.2) is 12.3 Å². The van der Waals surface area contributed by atoms with Crippen LogP contribution in [0.1, 0.15) is 55.3 Å². The number of nitrogens with one attached hydrogen (secondary N) is 1. The lowest BCUT2D eigenvalue weighted by atomic mass is 9.79. The molecule has 0 amide bonds. The van der Waals surface area contributed by atoms with E-state index in [1.54, 1.807) is 16.0 Å². The first-order valence-corrected chi connectivity index (χ1v) is 10.5. The van der Waals surface area contributed by atoms with Crippen molar-refractivity contribution in [2.24, 2.45) is 0 Å². The number of nitrogens with zero attached hydrogens (tertiary/aromatic N) is 3. The van der Waals surface area contributed by atoms with Gasteiger partial charge in [0.15, 0.2) is 0 Å². The number of aliphatic hydroxyl groups is 1. The predicted molar refractivity (Wildman–Crippen MR) is 102 cm³/mol. The van der Waals surface area contributed by atoms with Crippen molar-refractivity contribution in [3.8, 4) is 0 Å². The van der Waals surface area contributed by atoms with Gasteiger partial charge >= 0.3 is 0 Å². The molecule has 2 aliphatic rings. The summed E-state index contributed by atoms with van der Waals surface area (Å²) in [6, 6.07) is 2.46. The summed E-state index contributed by atoms with van der Waals surface area (Å²) in [6.45, 7) is 5.35. The highest BCUT2D eigenvalue weighted by molar-refractivity contribution is 7.16. The molecule has 4 heterocycles. The van der Waals surface area contributed by atoms with Crippen LogP contribution in [0, 0.1) is 0 Å². The molecule has 6 nitrogen and oxygen atoms in total. The van der Waals surface area contributed by atoms with Gasteiger partial charge in [0.25, 0.3) is 0 Å². The number of hydrogen-bond donors (Lipinski definition) is 2. The van der Waals surface area contributed by atoms with Gasteiger partial charge in [0.2, 0.25) is 0 Å². The lowest BCUT2D eigenvalue weighted by Crippen LogP contribution is -2.49. The maximum Gasteiger partial charge on any atom is 0.106 e. The number of thiophene rings is 1. The standard InChI is InChI=1S/C18H25ClN4O2S/c1-3-13(24)9-23-10-15(21-22-23)14-8-18(7-11(2)20-14)17-12(4-5-25-18)6-16(19)26-17/h6,10-11,13-14,20,24H,3-5,7-9H2,1-2H3. The lowest BCUT2D eigenvalue weighted by molar-refractivity contribution is -0.0957. The fourth-order valence-electron chi connectivity index (χ4n) is 4.16. The zero-order valence-electron chi connectivity index (χ0n) is 15.1. The fraction of sp³-hybridized carbons (Fsp3) is 0.667. The Morgan fingerprint density at radius 2 is 2.38 bits per heavy atom. The van der Waals surface area contributed by atoms with Gasteiger partial charge in [-0.05, 0) is 37.8 Å². The Bertz CT molecular complexity index is 779. The van der Waals surface area contributed by atoms with E-state index in [4.69, 9.17) is 16.3 Å². The highest BCUT2D eigenvalue weighted by Crippen LogP contribution is 2.49. The number of fused-ring (bicyclic) bond motifs is 2. The Morgan fingerprint density at radius 3 is 3.19 bits per heavy atom. The van der Waals surface area contributed by atoms with Crippen LogP contribution in [0.5, 0.6) is 0 Å². The number of piperidine rings is 1. The van der Waals surface area contributed by atoms with Crippen molar-refractivity contribution in [3.63, 3.8) is 0 Å². The smallest absolute Gasteiger partial charge is 0.106 e. The molecule has 1 spiro atoms. The van der Waals surface area contributed by atoms with Gasteiger partial charge in [0.1, 0.15) is 5.60 Å². The minimum atomic E-state index is -0.397.